The number of hydrogen-bond donors (Lipinski definition) is 1. The van der Waals surface area contributed by atoms with Gasteiger partial charge in [-0.3, -0.25) is 14.4 Å². The van der Waals surface area contributed by atoms with E-state index in [0.717, 1.165) is 13.1 Å². The summed E-state index contributed by atoms with van der Waals surface area (Å²) in [4.78, 5) is 39.8. The van der Waals surface area contributed by atoms with Gasteiger partial charge in [-0.15, -0.1) is 0 Å². The lowest BCUT2D eigenvalue weighted by molar-refractivity contribution is 0.0933. The van der Waals surface area contributed by atoms with Crippen LogP contribution in [0.1, 0.15) is 43.8 Å². The fourth-order valence-electron chi connectivity index (χ4n) is 3.32. The van der Waals surface area contributed by atoms with Crippen LogP contribution in [0.25, 0.3) is 0 Å². The zero-order valence-electron chi connectivity index (χ0n) is 13.3. The Bertz CT molecular complexity index is 770. The highest BCUT2D eigenvalue weighted by Gasteiger charge is 2.40. The molecule has 122 valence electrons. The summed E-state index contributed by atoms with van der Waals surface area (Å²) in [5.41, 5.74) is 1.92. The number of fused-ring (bicyclic) bond motifs is 1. The molecular weight excluding hydrogens is 362 g/mol. The van der Waals surface area contributed by atoms with E-state index in [1.165, 1.54) is 6.92 Å². The second-order valence-corrected chi connectivity index (χ2v) is 6.65. The molecule has 0 radical (unpaired) electrons. The maximum absolute atomic E-state index is 13.1. The fourth-order valence-corrected chi connectivity index (χ4v) is 3.94. The smallest absolute Gasteiger partial charge is 0.219 e. The van der Waals surface area contributed by atoms with Crippen molar-refractivity contribution in [1.82, 2.24) is 14.8 Å². The van der Waals surface area contributed by atoms with Gasteiger partial charge in [0.15, 0.2) is 5.78 Å². The van der Waals surface area contributed by atoms with Gasteiger partial charge in [0.2, 0.25) is 11.6 Å². The van der Waals surface area contributed by atoms with Crippen molar-refractivity contribution in [3.05, 3.63) is 32.7 Å². The lowest BCUT2D eigenvalue weighted by atomic mass is 9.92. The first kappa shape index (κ1) is 16.1. The van der Waals surface area contributed by atoms with Crippen molar-refractivity contribution in [2.75, 3.05) is 26.2 Å². The van der Waals surface area contributed by atoms with Crippen molar-refractivity contribution >= 4 is 33.3 Å². The average molecular weight is 380 g/mol. The topological polar surface area (TPSA) is 71.4 Å². The monoisotopic (exact) mass is 379 g/mol. The van der Waals surface area contributed by atoms with Crippen LogP contribution < -0.4 is 5.32 Å². The summed E-state index contributed by atoms with van der Waals surface area (Å²) in [5, 5.41) is 3.22. The molecule has 2 heterocycles. The summed E-state index contributed by atoms with van der Waals surface area (Å²) in [6.07, 6.45) is 0. The van der Waals surface area contributed by atoms with Crippen LogP contribution in [-0.4, -0.2) is 53.0 Å². The highest BCUT2D eigenvalue weighted by molar-refractivity contribution is 9.12. The van der Waals surface area contributed by atoms with Crippen molar-refractivity contribution < 1.29 is 14.4 Å². The van der Waals surface area contributed by atoms with E-state index in [9.17, 15) is 14.4 Å². The Labute approximate surface area is 142 Å². The predicted molar refractivity (Wildman–Crippen MR) is 89.2 cm³/mol. The Balaban J connectivity index is 2.21. The first-order chi connectivity index (χ1) is 10.9. The number of ketones is 3. The summed E-state index contributed by atoms with van der Waals surface area (Å²) < 4.78 is 1.93. The van der Waals surface area contributed by atoms with Gasteiger partial charge in [-0.1, -0.05) is 0 Å². The average Bonchev–Trinajstić information content (AvgIpc) is 2.79. The second-order valence-electron chi connectivity index (χ2n) is 5.86. The molecule has 1 N–H and O–H groups in total. The van der Waals surface area contributed by atoms with Gasteiger partial charge in [-0.05, 0) is 29.8 Å². The largest absolute Gasteiger partial charge is 0.365 e. The third-order valence-corrected chi connectivity index (χ3v) is 5.27. The van der Waals surface area contributed by atoms with E-state index < -0.39 is 0 Å². The molecule has 0 unspecified atom stereocenters. The maximum Gasteiger partial charge on any atom is 0.219 e. The summed E-state index contributed by atoms with van der Waals surface area (Å²) in [7, 11) is 1.71. The molecule has 0 bridgehead atoms. The molecule has 2 aliphatic rings. The van der Waals surface area contributed by atoms with Crippen LogP contribution in [0.4, 0.5) is 0 Å². The zero-order chi connectivity index (χ0) is 16.9. The third-order valence-electron chi connectivity index (χ3n) is 4.54. The van der Waals surface area contributed by atoms with Crippen LogP contribution in [-0.2, 0) is 7.05 Å². The number of hydrogen-bond acceptors (Lipinski definition) is 5. The number of Topliss-reactive ketones (excluding diaryl/α,β-unsaturated/α-hetero) is 3. The molecule has 0 atom stereocenters. The van der Waals surface area contributed by atoms with E-state index in [0.29, 0.717) is 35.7 Å². The highest BCUT2D eigenvalue weighted by atomic mass is 79.9. The van der Waals surface area contributed by atoms with Crippen LogP contribution in [0.3, 0.4) is 0 Å². The molecule has 1 fully saturated rings. The molecule has 1 saturated heterocycles. The van der Waals surface area contributed by atoms with Gasteiger partial charge in [-0.25, -0.2) is 0 Å². The number of rotatable bonds is 2. The molecule has 3 rings (SSSR count). The van der Waals surface area contributed by atoms with Crippen LogP contribution in [0.5, 0.6) is 0 Å². The molecule has 1 aromatic heterocycles. The molecule has 23 heavy (non-hydrogen) atoms. The van der Waals surface area contributed by atoms with E-state index in [-0.39, 0.29) is 27.4 Å². The van der Waals surface area contributed by atoms with E-state index in [4.69, 9.17) is 0 Å². The lowest BCUT2D eigenvalue weighted by Gasteiger charge is -2.33. The molecular formula is C16H18BrN3O3. The standard InChI is InChI=1S/C16H18BrN3O3/c1-8-10(9(2)21)11-13(19(8)3)16(23)12(17)14(15(11)22)20-6-4-18-5-7-20/h18H,4-7H2,1-3H3. The number of halogens is 1. The number of carbonyl (C=O) groups excluding carboxylic acids is 3. The normalized spacial score (nSPS) is 18.5. The van der Waals surface area contributed by atoms with E-state index in [1.807, 2.05) is 4.90 Å². The minimum Gasteiger partial charge on any atom is -0.365 e. The summed E-state index contributed by atoms with van der Waals surface area (Å²) in [6.45, 7) is 6.00. The Hall–Kier alpha value is -1.73. The first-order valence-electron chi connectivity index (χ1n) is 7.51. The van der Waals surface area contributed by atoms with Crippen LogP contribution in [0.2, 0.25) is 0 Å². The van der Waals surface area contributed by atoms with E-state index >= 15 is 0 Å². The van der Waals surface area contributed by atoms with Crippen molar-refractivity contribution in [3.8, 4) is 0 Å². The van der Waals surface area contributed by atoms with Crippen molar-refractivity contribution in [1.29, 1.82) is 0 Å². The Morgan fingerprint density at radius 2 is 1.78 bits per heavy atom. The minimum atomic E-state index is -0.248. The predicted octanol–water partition coefficient (Wildman–Crippen LogP) is 1.43. The van der Waals surface area contributed by atoms with E-state index in [2.05, 4.69) is 21.2 Å². The van der Waals surface area contributed by atoms with Crippen LogP contribution >= 0.6 is 15.9 Å². The third kappa shape index (κ3) is 2.30. The summed E-state index contributed by atoms with van der Waals surface area (Å²) in [5.74, 6) is -0.688. The summed E-state index contributed by atoms with van der Waals surface area (Å²) >= 11 is 3.32. The van der Waals surface area contributed by atoms with Gasteiger partial charge in [0.1, 0.15) is 11.4 Å². The molecule has 0 amide bonds. The van der Waals surface area contributed by atoms with Gasteiger partial charge in [0.05, 0.1) is 10.0 Å². The number of piperazine rings is 1. The quantitative estimate of drug-likeness (QED) is 0.786. The van der Waals surface area contributed by atoms with Crippen molar-refractivity contribution in [2.24, 2.45) is 7.05 Å². The van der Waals surface area contributed by atoms with Gasteiger partial charge >= 0.3 is 0 Å². The van der Waals surface area contributed by atoms with Crippen molar-refractivity contribution in [3.63, 3.8) is 0 Å². The molecule has 1 aromatic rings. The van der Waals surface area contributed by atoms with Gasteiger partial charge < -0.3 is 14.8 Å². The Morgan fingerprint density at radius 1 is 1.17 bits per heavy atom. The second kappa shape index (κ2) is 5.72. The number of carbonyl (C=O) groups is 3. The maximum atomic E-state index is 13.1. The SMILES string of the molecule is CC(=O)c1c2c(n(C)c1C)C(=O)C(Br)=C(N1CCNCC1)C2=O. The molecule has 0 aromatic carbocycles. The summed E-state index contributed by atoms with van der Waals surface area (Å²) in [6, 6.07) is 0. The fraction of sp³-hybridized carbons (Fsp3) is 0.438. The van der Waals surface area contributed by atoms with Crippen molar-refractivity contribution in [2.45, 2.75) is 13.8 Å². The molecule has 1 aliphatic heterocycles. The van der Waals surface area contributed by atoms with Crippen LogP contribution in [0, 0.1) is 6.92 Å². The van der Waals surface area contributed by atoms with E-state index in [1.54, 1.807) is 18.5 Å². The van der Waals surface area contributed by atoms with Gasteiger partial charge in [0, 0.05) is 44.5 Å². The molecule has 6 nitrogen and oxygen atoms in total. The number of nitrogens with one attached hydrogen (secondary N) is 1. The van der Waals surface area contributed by atoms with Crippen LogP contribution in [0.15, 0.2) is 10.2 Å². The molecule has 0 saturated carbocycles. The lowest BCUT2D eigenvalue weighted by Crippen LogP contribution is -2.45. The Kier molecular flexibility index (Phi) is 4.01. The van der Waals surface area contributed by atoms with Gasteiger partial charge in [0.25, 0.3) is 0 Å². The van der Waals surface area contributed by atoms with Gasteiger partial charge in [-0.2, -0.15) is 0 Å². The zero-order valence-corrected chi connectivity index (χ0v) is 14.9. The number of allylic oxidation sites excluding steroid dienone is 2. The molecule has 1 aliphatic carbocycles. The minimum absolute atomic E-state index is 0.196. The first-order valence-corrected chi connectivity index (χ1v) is 8.30. The molecule has 0 spiro atoms. The number of nitrogens with zero attached hydrogens (tertiary/aromatic N) is 2. The highest BCUT2D eigenvalue weighted by Crippen LogP contribution is 2.36. The Morgan fingerprint density at radius 3 is 2.35 bits per heavy atom. The molecule has 7 heteroatoms. The number of aromatic nitrogens is 1.